The van der Waals surface area contributed by atoms with Crippen LogP contribution in [0.25, 0.3) is 98.2 Å². The second kappa shape index (κ2) is 10.9. The summed E-state index contributed by atoms with van der Waals surface area (Å²) in [5.41, 5.74) is 4.73. The lowest BCUT2D eigenvalue weighted by Gasteiger charge is -2.13. The molecule has 0 aliphatic heterocycles. The van der Waals surface area contributed by atoms with Crippen LogP contribution < -0.4 is 0 Å². The largest absolute Gasteiger partial charge is 0.307 e. The molecule has 238 valence electrons. The van der Waals surface area contributed by atoms with E-state index in [0.717, 1.165) is 48.4 Å². The molecule has 4 heterocycles. The van der Waals surface area contributed by atoms with Gasteiger partial charge in [0.05, 0.1) is 28.9 Å². The molecule has 0 radical (unpaired) electrons. The molecule has 0 amide bonds. The highest BCUT2D eigenvalue weighted by atomic mass is 32.1. The molecule has 4 aromatic heterocycles. The Labute approximate surface area is 303 Å². The van der Waals surface area contributed by atoms with Crippen molar-refractivity contribution >= 4 is 75.1 Å². The van der Waals surface area contributed by atoms with E-state index in [2.05, 4.69) is 60.7 Å². The Morgan fingerprint density at radius 1 is 0.451 bits per heavy atom. The summed E-state index contributed by atoms with van der Waals surface area (Å²) >= 11 is 1.74. The molecule has 0 fully saturated rings. The smallest absolute Gasteiger partial charge is 0.238 e. The molecule has 0 saturated carbocycles. The van der Waals surface area contributed by atoms with Crippen LogP contribution in [0.3, 0.4) is 0 Å². The lowest BCUT2D eigenvalue weighted by atomic mass is 10.1. The van der Waals surface area contributed by atoms with Crippen LogP contribution in [0.15, 0.2) is 164 Å². The summed E-state index contributed by atoms with van der Waals surface area (Å²) in [6, 6.07) is 42.8. The molecule has 11 aromatic rings. The Balaban J connectivity index is 1.29. The number of nitrogens with zero attached hydrogens (tertiary/aromatic N) is 5. The van der Waals surface area contributed by atoms with Crippen LogP contribution in [0.1, 0.15) is 6.85 Å². The van der Waals surface area contributed by atoms with Gasteiger partial charge in [-0.3, -0.25) is 4.57 Å². The van der Waals surface area contributed by atoms with Crippen molar-refractivity contribution in [3.05, 3.63) is 164 Å². The average molecular weight is 675 g/mol. The van der Waals surface area contributed by atoms with Crippen molar-refractivity contribution in [2.24, 2.45) is 0 Å². The molecule has 51 heavy (non-hydrogen) atoms. The van der Waals surface area contributed by atoms with E-state index in [-0.39, 0.29) is 17.8 Å². The maximum absolute atomic E-state index is 9.10. The van der Waals surface area contributed by atoms with Crippen LogP contribution >= 0.6 is 11.3 Å². The molecular formula is C45H27N5S. The standard InChI is InChI=1S/C45H27N5S/c1-3-13-28(14-4-1)43-46-44(29-23-24-34-33-19-9-12-22-39(33)51-40(34)27-29)48-45(47-43)50-38-21-11-8-18-32(38)36-26-25-35-31-17-7-10-20-37(31)49(41(35)42(36)50)30-15-5-2-6-16-30/h1-27H/i2D,5D,6D,15D,16D. The van der Waals surface area contributed by atoms with Crippen molar-refractivity contribution in [3.63, 3.8) is 0 Å². The average Bonchev–Trinajstić information content (AvgIpc) is 3.90. The van der Waals surface area contributed by atoms with Gasteiger partial charge in [0.25, 0.3) is 0 Å². The number of hydrogen-bond donors (Lipinski definition) is 0. The quantitative estimate of drug-likeness (QED) is 0.187. The number of hydrogen-bond acceptors (Lipinski definition) is 4. The monoisotopic (exact) mass is 674 g/mol. The van der Waals surface area contributed by atoms with Crippen LogP contribution in [-0.2, 0) is 0 Å². The molecule has 0 aliphatic rings. The van der Waals surface area contributed by atoms with Crippen LogP contribution in [0, 0.1) is 0 Å². The normalized spacial score (nSPS) is 13.3. The van der Waals surface area contributed by atoms with Crippen molar-refractivity contribution in [1.29, 1.82) is 0 Å². The first-order valence-corrected chi connectivity index (χ1v) is 17.4. The molecule has 11 rings (SSSR count). The zero-order chi connectivity index (χ0) is 37.8. The van der Waals surface area contributed by atoms with Gasteiger partial charge >= 0.3 is 0 Å². The fourth-order valence-electron chi connectivity index (χ4n) is 7.47. The predicted octanol–water partition coefficient (Wildman–Crippen LogP) is 11.8. The minimum atomic E-state index is -0.441. The molecule has 0 unspecified atom stereocenters. The minimum Gasteiger partial charge on any atom is -0.307 e. The molecule has 0 saturated heterocycles. The Hall–Kier alpha value is -6.63. The summed E-state index contributed by atoms with van der Waals surface area (Å²) in [6.45, 7) is 0. The topological polar surface area (TPSA) is 48.5 Å². The lowest BCUT2D eigenvalue weighted by molar-refractivity contribution is 0.953. The van der Waals surface area contributed by atoms with E-state index in [1.165, 1.54) is 15.5 Å². The number of benzene rings is 7. The van der Waals surface area contributed by atoms with Gasteiger partial charge in [0, 0.05) is 58.5 Å². The van der Waals surface area contributed by atoms with Crippen LogP contribution in [0.5, 0.6) is 0 Å². The van der Waals surface area contributed by atoms with Gasteiger partial charge in [-0.2, -0.15) is 9.97 Å². The second-order valence-corrected chi connectivity index (χ2v) is 13.6. The van der Waals surface area contributed by atoms with E-state index in [1.807, 2.05) is 81.9 Å². The first-order valence-electron chi connectivity index (χ1n) is 19.1. The molecule has 7 aromatic carbocycles. The first-order chi connectivity index (χ1) is 27.4. The number of para-hydroxylation sites is 3. The summed E-state index contributed by atoms with van der Waals surface area (Å²) in [4.78, 5) is 15.5. The van der Waals surface area contributed by atoms with Gasteiger partial charge in [-0.1, -0.05) is 127 Å². The van der Waals surface area contributed by atoms with E-state index in [9.17, 15) is 0 Å². The Kier molecular flexibility index (Phi) is 5.08. The molecule has 6 heteroatoms. The maximum atomic E-state index is 9.10. The summed E-state index contributed by atoms with van der Waals surface area (Å²) < 4.78 is 50.0. The van der Waals surface area contributed by atoms with Gasteiger partial charge in [0.2, 0.25) is 5.95 Å². The zero-order valence-corrected chi connectivity index (χ0v) is 27.7. The van der Waals surface area contributed by atoms with Gasteiger partial charge in [0.15, 0.2) is 11.6 Å². The lowest BCUT2D eigenvalue weighted by Crippen LogP contribution is -2.07. The fraction of sp³-hybridized carbons (Fsp3) is 0. The molecule has 0 N–H and O–H groups in total. The highest BCUT2D eigenvalue weighted by Gasteiger charge is 2.23. The van der Waals surface area contributed by atoms with Crippen molar-refractivity contribution in [2.75, 3.05) is 0 Å². The molecule has 5 nitrogen and oxygen atoms in total. The number of thiophene rings is 1. The van der Waals surface area contributed by atoms with Gasteiger partial charge in [-0.15, -0.1) is 11.3 Å². The Morgan fingerprint density at radius 3 is 1.76 bits per heavy atom. The third kappa shape index (κ3) is 4.24. The van der Waals surface area contributed by atoms with Crippen LogP contribution in [0.4, 0.5) is 0 Å². The molecule has 0 atom stereocenters. The highest BCUT2D eigenvalue weighted by Crippen LogP contribution is 2.42. The summed E-state index contributed by atoms with van der Waals surface area (Å²) in [5.74, 6) is 1.41. The Bertz CT molecular complexity index is 3410. The minimum absolute atomic E-state index is 0.0736. The first kappa shape index (κ1) is 23.7. The van der Waals surface area contributed by atoms with Gasteiger partial charge in [-0.05, 0) is 36.4 Å². The van der Waals surface area contributed by atoms with Gasteiger partial charge in [-0.25, -0.2) is 4.98 Å². The van der Waals surface area contributed by atoms with Gasteiger partial charge < -0.3 is 4.57 Å². The Morgan fingerprint density at radius 2 is 1.02 bits per heavy atom. The predicted molar refractivity (Wildman–Crippen MR) is 212 cm³/mol. The highest BCUT2D eigenvalue weighted by molar-refractivity contribution is 7.25. The zero-order valence-electron chi connectivity index (χ0n) is 31.8. The van der Waals surface area contributed by atoms with Crippen LogP contribution in [0.2, 0.25) is 0 Å². The van der Waals surface area contributed by atoms with Crippen LogP contribution in [-0.4, -0.2) is 24.1 Å². The van der Waals surface area contributed by atoms with E-state index >= 15 is 0 Å². The molecule has 0 bridgehead atoms. The fourth-order valence-corrected chi connectivity index (χ4v) is 8.62. The maximum Gasteiger partial charge on any atom is 0.238 e. The second-order valence-electron chi connectivity index (χ2n) is 12.5. The van der Waals surface area contributed by atoms with Gasteiger partial charge in [0.1, 0.15) is 0 Å². The van der Waals surface area contributed by atoms with Crippen molar-refractivity contribution < 1.29 is 6.85 Å². The third-order valence-corrected chi connectivity index (χ3v) is 10.8. The summed E-state index contributed by atoms with van der Waals surface area (Å²) in [5, 5.41) is 5.99. The number of aromatic nitrogens is 5. The van der Waals surface area contributed by atoms with Crippen molar-refractivity contribution in [1.82, 2.24) is 24.1 Å². The van der Waals surface area contributed by atoms with E-state index in [4.69, 9.17) is 21.8 Å². The molecule has 0 spiro atoms. The van der Waals surface area contributed by atoms with E-state index < -0.39 is 18.1 Å². The summed E-state index contributed by atoms with van der Waals surface area (Å²) in [6.07, 6.45) is 0. The number of rotatable bonds is 4. The van der Waals surface area contributed by atoms with E-state index in [0.29, 0.717) is 28.6 Å². The third-order valence-electron chi connectivity index (χ3n) is 9.67. The molecule has 0 aliphatic carbocycles. The van der Waals surface area contributed by atoms with Crippen molar-refractivity contribution in [3.8, 4) is 34.4 Å². The molecular weight excluding hydrogens is 643 g/mol. The van der Waals surface area contributed by atoms with E-state index in [1.54, 1.807) is 11.3 Å². The SMILES string of the molecule is [2H]c1c([2H])c([2H])c(-n2c3ccccc3c3ccc4c5ccccc5n(-c5nc(-c6ccccc6)nc(-c6ccc7c(c6)sc6ccccc67)n5)c4c32)c([2H])c1[2H]. The number of fused-ring (bicyclic) bond motifs is 10. The van der Waals surface area contributed by atoms with Crippen molar-refractivity contribution in [2.45, 2.75) is 0 Å². The summed E-state index contributed by atoms with van der Waals surface area (Å²) in [7, 11) is 0.